The number of benzene rings is 2. The highest BCUT2D eigenvalue weighted by atomic mass is 16.5. The van der Waals surface area contributed by atoms with Crippen LogP contribution in [0.25, 0.3) is 11.1 Å². The lowest BCUT2D eigenvalue weighted by Gasteiger charge is -2.14. The van der Waals surface area contributed by atoms with Gasteiger partial charge in [0.25, 0.3) is 0 Å². The molecule has 5 nitrogen and oxygen atoms in total. The molecule has 1 N–H and O–H groups in total. The quantitative estimate of drug-likeness (QED) is 0.795. The van der Waals surface area contributed by atoms with E-state index < -0.39 is 0 Å². The fourth-order valence-electron chi connectivity index (χ4n) is 2.62. The maximum Gasteiger partial charge on any atom is 0.132 e. The molecule has 126 valence electrons. The van der Waals surface area contributed by atoms with Crippen LogP contribution in [0.4, 0.5) is 0 Å². The number of methoxy groups -OCH3 is 2. The molecule has 0 atom stereocenters. The fraction of sp³-hybridized carbons (Fsp3) is 0.316. The van der Waals surface area contributed by atoms with Crippen LogP contribution in [0.2, 0.25) is 0 Å². The Bertz CT molecular complexity index is 711. The Hall–Kier alpha value is -2.53. The number of nitrogens with one attached hydrogen (secondary N) is 1. The summed E-state index contributed by atoms with van der Waals surface area (Å²) in [4.78, 5) is 4.53. The van der Waals surface area contributed by atoms with E-state index in [1.54, 1.807) is 14.2 Å². The van der Waals surface area contributed by atoms with Crippen molar-refractivity contribution in [3.8, 4) is 22.6 Å². The second kappa shape index (κ2) is 7.84. The molecule has 0 amide bonds. The van der Waals surface area contributed by atoms with Gasteiger partial charge in [-0.1, -0.05) is 18.2 Å². The van der Waals surface area contributed by atoms with Crippen molar-refractivity contribution in [3.63, 3.8) is 0 Å². The van der Waals surface area contributed by atoms with Crippen LogP contribution in [0.3, 0.4) is 0 Å². The number of amidine groups is 1. The zero-order valence-corrected chi connectivity index (χ0v) is 14.0. The number of aliphatic imine (C=N–C) groups is 1. The number of nitrogens with zero attached hydrogens (tertiary/aromatic N) is 1. The first kappa shape index (κ1) is 16.3. The number of hydrogen-bond donors (Lipinski definition) is 1. The SMILES string of the molecule is COCCOc1ccc(-c2ccc(OC)cc2)cc1C1=NCCN1. The van der Waals surface area contributed by atoms with E-state index in [-0.39, 0.29) is 0 Å². The van der Waals surface area contributed by atoms with Crippen molar-refractivity contribution in [2.24, 2.45) is 4.99 Å². The molecule has 0 spiro atoms. The highest BCUT2D eigenvalue weighted by Crippen LogP contribution is 2.28. The molecular weight excluding hydrogens is 304 g/mol. The number of ether oxygens (including phenoxy) is 3. The van der Waals surface area contributed by atoms with Gasteiger partial charge in [-0.3, -0.25) is 4.99 Å². The summed E-state index contributed by atoms with van der Waals surface area (Å²) in [6.45, 7) is 2.72. The number of hydrogen-bond acceptors (Lipinski definition) is 5. The molecule has 0 aromatic heterocycles. The Morgan fingerprint density at radius 2 is 1.79 bits per heavy atom. The van der Waals surface area contributed by atoms with Crippen LogP contribution in [0.5, 0.6) is 11.5 Å². The Morgan fingerprint density at radius 3 is 2.46 bits per heavy atom. The standard InChI is InChI=1S/C19H22N2O3/c1-22-11-12-24-18-8-5-15(13-17(18)19-20-9-10-21-19)14-3-6-16(23-2)7-4-14/h3-8,13H,9-12H2,1-2H3,(H,20,21). The monoisotopic (exact) mass is 326 g/mol. The van der Waals surface area contributed by atoms with Gasteiger partial charge in [0.05, 0.1) is 25.8 Å². The highest BCUT2D eigenvalue weighted by Gasteiger charge is 2.15. The molecule has 0 aliphatic carbocycles. The lowest BCUT2D eigenvalue weighted by Crippen LogP contribution is -2.20. The van der Waals surface area contributed by atoms with Crippen LogP contribution in [-0.4, -0.2) is 46.4 Å². The Labute approximate surface area is 142 Å². The van der Waals surface area contributed by atoms with Crippen molar-refractivity contribution >= 4 is 5.84 Å². The summed E-state index contributed by atoms with van der Waals surface area (Å²) in [5, 5.41) is 3.32. The van der Waals surface area contributed by atoms with Crippen molar-refractivity contribution in [1.29, 1.82) is 0 Å². The van der Waals surface area contributed by atoms with E-state index in [0.29, 0.717) is 13.2 Å². The normalized spacial score (nSPS) is 13.3. The van der Waals surface area contributed by atoms with Gasteiger partial charge in [-0.05, 0) is 35.4 Å². The third-order valence-electron chi connectivity index (χ3n) is 3.88. The summed E-state index contributed by atoms with van der Waals surface area (Å²) in [5.41, 5.74) is 3.22. The largest absolute Gasteiger partial charge is 0.497 e. The summed E-state index contributed by atoms with van der Waals surface area (Å²) in [7, 11) is 3.34. The molecular formula is C19H22N2O3. The molecule has 24 heavy (non-hydrogen) atoms. The minimum atomic E-state index is 0.513. The van der Waals surface area contributed by atoms with Crippen LogP contribution >= 0.6 is 0 Å². The molecule has 0 saturated carbocycles. The molecule has 3 rings (SSSR count). The first-order valence-corrected chi connectivity index (χ1v) is 8.00. The van der Waals surface area contributed by atoms with Gasteiger partial charge in [0.15, 0.2) is 0 Å². The van der Waals surface area contributed by atoms with Gasteiger partial charge in [-0.2, -0.15) is 0 Å². The van der Waals surface area contributed by atoms with Crippen molar-refractivity contribution in [3.05, 3.63) is 48.0 Å². The van der Waals surface area contributed by atoms with E-state index in [4.69, 9.17) is 14.2 Å². The van der Waals surface area contributed by atoms with Gasteiger partial charge in [0.2, 0.25) is 0 Å². The molecule has 1 heterocycles. The van der Waals surface area contributed by atoms with E-state index in [0.717, 1.165) is 47.1 Å². The Balaban J connectivity index is 1.91. The Kier molecular flexibility index (Phi) is 5.33. The van der Waals surface area contributed by atoms with Crippen molar-refractivity contribution in [2.75, 3.05) is 40.5 Å². The van der Waals surface area contributed by atoms with Gasteiger partial charge in [-0.15, -0.1) is 0 Å². The molecule has 0 fully saturated rings. The van der Waals surface area contributed by atoms with Gasteiger partial charge >= 0.3 is 0 Å². The summed E-state index contributed by atoms with van der Waals surface area (Å²) in [5.74, 6) is 2.55. The maximum atomic E-state index is 5.85. The molecule has 5 heteroatoms. The molecule has 2 aromatic rings. The molecule has 0 bridgehead atoms. The predicted octanol–water partition coefficient (Wildman–Crippen LogP) is 2.74. The molecule has 0 unspecified atom stereocenters. The van der Waals surface area contributed by atoms with Crippen molar-refractivity contribution in [1.82, 2.24) is 5.32 Å². The van der Waals surface area contributed by atoms with Gasteiger partial charge in [0.1, 0.15) is 23.9 Å². The average molecular weight is 326 g/mol. The Morgan fingerprint density at radius 1 is 1.00 bits per heavy atom. The summed E-state index contributed by atoms with van der Waals surface area (Å²) in [6.07, 6.45) is 0. The second-order valence-electron chi connectivity index (χ2n) is 5.44. The molecule has 1 aliphatic heterocycles. The summed E-state index contributed by atoms with van der Waals surface area (Å²) in [6, 6.07) is 14.2. The lowest BCUT2D eigenvalue weighted by molar-refractivity contribution is 0.146. The van der Waals surface area contributed by atoms with E-state index in [1.807, 2.05) is 30.3 Å². The maximum absolute atomic E-state index is 5.85. The average Bonchev–Trinajstić information content (AvgIpc) is 3.17. The van der Waals surface area contributed by atoms with E-state index in [2.05, 4.69) is 22.4 Å². The third kappa shape index (κ3) is 3.68. The first-order chi connectivity index (χ1) is 11.8. The summed E-state index contributed by atoms with van der Waals surface area (Å²) >= 11 is 0. The minimum Gasteiger partial charge on any atom is -0.497 e. The fourth-order valence-corrected chi connectivity index (χ4v) is 2.62. The van der Waals surface area contributed by atoms with Crippen molar-refractivity contribution in [2.45, 2.75) is 0 Å². The van der Waals surface area contributed by atoms with E-state index in [1.165, 1.54) is 0 Å². The van der Waals surface area contributed by atoms with Gasteiger partial charge < -0.3 is 19.5 Å². The molecule has 2 aromatic carbocycles. The zero-order chi connectivity index (χ0) is 16.8. The van der Waals surface area contributed by atoms with Gasteiger partial charge in [-0.25, -0.2) is 0 Å². The van der Waals surface area contributed by atoms with Crippen molar-refractivity contribution < 1.29 is 14.2 Å². The summed E-state index contributed by atoms with van der Waals surface area (Å²) < 4.78 is 16.1. The minimum absolute atomic E-state index is 0.513. The van der Waals surface area contributed by atoms with Crippen LogP contribution in [0.1, 0.15) is 5.56 Å². The lowest BCUT2D eigenvalue weighted by atomic mass is 10.0. The van der Waals surface area contributed by atoms with Crippen LogP contribution in [0, 0.1) is 0 Å². The smallest absolute Gasteiger partial charge is 0.132 e. The second-order valence-corrected chi connectivity index (χ2v) is 5.44. The molecule has 1 aliphatic rings. The molecule has 0 saturated heterocycles. The van der Waals surface area contributed by atoms with E-state index in [9.17, 15) is 0 Å². The van der Waals surface area contributed by atoms with Crippen LogP contribution in [0.15, 0.2) is 47.5 Å². The number of rotatable bonds is 7. The first-order valence-electron chi connectivity index (χ1n) is 8.00. The van der Waals surface area contributed by atoms with Crippen LogP contribution in [-0.2, 0) is 4.74 Å². The third-order valence-corrected chi connectivity index (χ3v) is 3.88. The highest BCUT2D eigenvalue weighted by molar-refractivity contribution is 6.03. The van der Waals surface area contributed by atoms with Gasteiger partial charge in [0, 0.05) is 13.7 Å². The van der Waals surface area contributed by atoms with E-state index >= 15 is 0 Å². The predicted molar refractivity (Wildman–Crippen MR) is 95.2 cm³/mol. The zero-order valence-electron chi connectivity index (χ0n) is 14.0. The molecule has 0 radical (unpaired) electrons. The topological polar surface area (TPSA) is 52.1 Å². The van der Waals surface area contributed by atoms with Crippen LogP contribution < -0.4 is 14.8 Å².